The van der Waals surface area contributed by atoms with Gasteiger partial charge in [-0.2, -0.15) is 0 Å². The average Bonchev–Trinajstić information content (AvgIpc) is 2.55. The molecule has 17 heavy (non-hydrogen) atoms. The highest BCUT2D eigenvalue weighted by atomic mass is 32.2. The number of hydrogen-bond acceptors (Lipinski definition) is 6. The normalized spacial score (nSPS) is 17.8. The van der Waals surface area contributed by atoms with Crippen LogP contribution in [0.15, 0.2) is 9.59 Å². The lowest BCUT2D eigenvalue weighted by atomic mass is 9.92. The van der Waals surface area contributed by atoms with Crippen molar-refractivity contribution in [3.63, 3.8) is 0 Å². The first-order valence-corrected chi connectivity index (χ1v) is 6.57. The van der Waals surface area contributed by atoms with Crippen LogP contribution in [0.25, 0.3) is 0 Å². The molecule has 0 fully saturated rings. The van der Waals surface area contributed by atoms with Crippen LogP contribution in [0.2, 0.25) is 0 Å². The van der Waals surface area contributed by atoms with Crippen LogP contribution in [-0.2, 0) is 9.47 Å². The van der Waals surface area contributed by atoms with Gasteiger partial charge in [0.05, 0.1) is 18.6 Å². The minimum absolute atomic E-state index is 0.263. The molecule has 0 aliphatic carbocycles. The van der Waals surface area contributed by atoms with Crippen LogP contribution < -0.4 is 9.47 Å². The summed E-state index contributed by atoms with van der Waals surface area (Å²) in [6, 6.07) is 0. The fraction of sp³-hybridized carbons (Fsp3) is 0.636. The number of ether oxygens (including phenoxy) is 4. The molecule has 2 heterocycles. The monoisotopic (exact) mass is 276 g/mol. The Morgan fingerprint density at radius 1 is 1.29 bits per heavy atom. The van der Waals surface area contributed by atoms with Gasteiger partial charge in [-0.1, -0.05) is 0 Å². The Hall–Kier alpha value is -0.430. The van der Waals surface area contributed by atoms with Gasteiger partial charge in [0.25, 0.3) is 0 Å². The van der Waals surface area contributed by atoms with Gasteiger partial charge < -0.3 is 18.9 Å². The van der Waals surface area contributed by atoms with Gasteiger partial charge in [0.1, 0.15) is 17.4 Å². The minimum atomic E-state index is -0.263. The Labute approximate surface area is 110 Å². The molecule has 0 amide bonds. The summed E-state index contributed by atoms with van der Waals surface area (Å²) in [5.41, 5.74) is -0.263. The summed E-state index contributed by atoms with van der Waals surface area (Å²) in [6.45, 7) is 2.10. The van der Waals surface area contributed by atoms with Gasteiger partial charge in [-0.05, 0) is 0 Å². The van der Waals surface area contributed by atoms with Gasteiger partial charge >= 0.3 is 0 Å². The maximum atomic E-state index is 5.79. The molecule has 0 N–H and O–H groups in total. The maximum Gasteiger partial charge on any atom is 0.185 e. The van der Waals surface area contributed by atoms with E-state index in [9.17, 15) is 0 Å². The van der Waals surface area contributed by atoms with E-state index in [1.54, 1.807) is 14.2 Å². The second kappa shape index (κ2) is 5.48. The molecule has 4 nitrogen and oxygen atoms in total. The molecule has 0 radical (unpaired) electrons. The summed E-state index contributed by atoms with van der Waals surface area (Å²) < 4.78 is 22.9. The molecule has 0 aromatic carbocycles. The molecule has 6 heteroatoms. The average molecular weight is 276 g/mol. The predicted molar refractivity (Wildman–Crippen MR) is 68.7 cm³/mol. The van der Waals surface area contributed by atoms with Crippen LogP contribution in [-0.4, -0.2) is 40.6 Å². The first-order chi connectivity index (χ1) is 8.21. The van der Waals surface area contributed by atoms with E-state index < -0.39 is 0 Å². The number of rotatable bonds is 4. The van der Waals surface area contributed by atoms with E-state index in [1.807, 2.05) is 5.38 Å². The van der Waals surface area contributed by atoms with E-state index in [0.29, 0.717) is 26.4 Å². The first-order valence-electron chi connectivity index (χ1n) is 5.25. The van der Waals surface area contributed by atoms with E-state index in [2.05, 4.69) is 12.6 Å². The molecule has 1 aliphatic rings. The molecule has 1 aromatic heterocycles. The van der Waals surface area contributed by atoms with Crippen molar-refractivity contribution in [3.05, 3.63) is 5.38 Å². The zero-order chi connectivity index (χ0) is 12.3. The number of methoxy groups -OCH3 is 2. The van der Waals surface area contributed by atoms with Crippen LogP contribution >= 0.6 is 24.0 Å². The maximum absolute atomic E-state index is 5.79. The van der Waals surface area contributed by atoms with Crippen molar-refractivity contribution in [3.8, 4) is 11.5 Å². The number of hydrogen-bond donors (Lipinski definition) is 1. The highest BCUT2D eigenvalue weighted by Gasteiger charge is 2.36. The van der Waals surface area contributed by atoms with Crippen molar-refractivity contribution >= 4 is 24.0 Å². The molecule has 0 atom stereocenters. The molecule has 0 saturated heterocycles. The SMILES string of the molecule is COCC1(COC)COc2csc(S)c2OC1. The molecule has 2 rings (SSSR count). The lowest BCUT2D eigenvalue weighted by Crippen LogP contribution is -2.41. The van der Waals surface area contributed by atoms with Crippen LogP contribution in [0, 0.1) is 5.41 Å². The third-order valence-corrected chi connectivity index (χ3v) is 3.91. The fourth-order valence-electron chi connectivity index (χ4n) is 1.87. The minimum Gasteiger partial charge on any atom is -0.488 e. The Morgan fingerprint density at radius 2 is 1.94 bits per heavy atom. The second-order valence-corrected chi connectivity index (χ2v) is 5.81. The van der Waals surface area contributed by atoms with Gasteiger partial charge in [0.15, 0.2) is 11.5 Å². The molecule has 1 aromatic rings. The van der Waals surface area contributed by atoms with Crippen molar-refractivity contribution in [2.45, 2.75) is 4.21 Å². The first kappa shape index (κ1) is 13.0. The lowest BCUT2D eigenvalue weighted by Gasteiger charge is -2.29. The smallest absolute Gasteiger partial charge is 0.185 e. The number of thiophene rings is 1. The Morgan fingerprint density at radius 3 is 2.59 bits per heavy atom. The molecular weight excluding hydrogens is 260 g/mol. The van der Waals surface area contributed by atoms with Gasteiger partial charge in [-0.25, -0.2) is 0 Å². The number of fused-ring (bicyclic) bond motifs is 1. The summed E-state index contributed by atoms with van der Waals surface area (Å²) in [4.78, 5) is 0. The highest BCUT2D eigenvalue weighted by molar-refractivity contribution is 7.83. The zero-order valence-corrected chi connectivity index (χ0v) is 11.6. The Kier molecular flexibility index (Phi) is 4.19. The van der Waals surface area contributed by atoms with Crippen molar-refractivity contribution in [1.82, 2.24) is 0 Å². The second-order valence-electron chi connectivity index (χ2n) is 4.18. The molecular formula is C11H16O4S2. The molecule has 0 spiro atoms. The summed E-state index contributed by atoms with van der Waals surface area (Å²) in [6.07, 6.45) is 0. The van der Waals surface area contributed by atoms with Crippen LogP contribution in [0.5, 0.6) is 11.5 Å². The van der Waals surface area contributed by atoms with E-state index >= 15 is 0 Å². The molecule has 0 unspecified atom stereocenters. The number of thiol groups is 1. The lowest BCUT2D eigenvalue weighted by molar-refractivity contribution is -0.0362. The van der Waals surface area contributed by atoms with Crippen molar-refractivity contribution in [2.75, 3.05) is 40.6 Å². The van der Waals surface area contributed by atoms with Gasteiger partial charge in [0, 0.05) is 19.6 Å². The van der Waals surface area contributed by atoms with E-state index in [-0.39, 0.29) is 5.41 Å². The third-order valence-electron chi connectivity index (χ3n) is 2.65. The van der Waals surface area contributed by atoms with Crippen LogP contribution in [0.3, 0.4) is 0 Å². The summed E-state index contributed by atoms with van der Waals surface area (Å²) in [5, 5.41) is 1.91. The van der Waals surface area contributed by atoms with Crippen LogP contribution in [0.4, 0.5) is 0 Å². The molecule has 0 saturated carbocycles. The van der Waals surface area contributed by atoms with Crippen LogP contribution in [0.1, 0.15) is 0 Å². The third kappa shape index (κ3) is 2.70. The standard InChI is InChI=1S/C11H16O4S2/c1-12-4-11(5-13-2)6-14-8-3-17-10(16)9(8)15-7-11/h3,16H,4-7H2,1-2H3. The zero-order valence-electron chi connectivity index (χ0n) is 9.89. The Balaban J connectivity index is 2.15. The van der Waals surface area contributed by atoms with Crippen molar-refractivity contribution < 1.29 is 18.9 Å². The van der Waals surface area contributed by atoms with Gasteiger partial charge in [-0.15, -0.1) is 24.0 Å². The Bertz CT molecular complexity index is 372. The van der Waals surface area contributed by atoms with E-state index in [1.165, 1.54) is 11.3 Å². The van der Waals surface area contributed by atoms with Crippen molar-refractivity contribution in [2.24, 2.45) is 5.41 Å². The predicted octanol–water partition coefficient (Wildman–Crippen LogP) is 2.09. The van der Waals surface area contributed by atoms with Crippen molar-refractivity contribution in [1.29, 1.82) is 0 Å². The van der Waals surface area contributed by atoms with Gasteiger partial charge in [-0.3, -0.25) is 0 Å². The highest BCUT2D eigenvalue weighted by Crippen LogP contribution is 2.43. The fourth-order valence-corrected chi connectivity index (χ4v) is 2.87. The van der Waals surface area contributed by atoms with E-state index in [4.69, 9.17) is 18.9 Å². The molecule has 96 valence electrons. The topological polar surface area (TPSA) is 36.9 Å². The summed E-state index contributed by atoms with van der Waals surface area (Å²) in [7, 11) is 3.34. The van der Waals surface area contributed by atoms with E-state index in [0.717, 1.165) is 15.7 Å². The summed E-state index contributed by atoms with van der Waals surface area (Å²) >= 11 is 5.85. The van der Waals surface area contributed by atoms with Gasteiger partial charge in [0.2, 0.25) is 0 Å². The summed E-state index contributed by atoms with van der Waals surface area (Å²) in [5.74, 6) is 1.49. The largest absolute Gasteiger partial charge is 0.488 e. The quantitative estimate of drug-likeness (QED) is 0.854. The molecule has 0 bridgehead atoms. The molecule has 1 aliphatic heterocycles.